The molecule has 3 heterocycles. The summed E-state index contributed by atoms with van der Waals surface area (Å²) in [6, 6.07) is 4.68. The van der Waals surface area contributed by atoms with Crippen LogP contribution >= 0.6 is 0 Å². The molecule has 3 unspecified atom stereocenters. The molecular formula is C14H19N3O. The molecule has 0 amide bonds. The van der Waals surface area contributed by atoms with Crippen LogP contribution in [0.3, 0.4) is 0 Å². The quantitative estimate of drug-likeness (QED) is 0.818. The molecule has 2 aliphatic rings. The largest absolute Gasteiger partial charge is 0.373 e. The molecular weight excluding hydrogens is 226 g/mol. The van der Waals surface area contributed by atoms with Gasteiger partial charge in [-0.3, -0.25) is 4.68 Å². The highest BCUT2D eigenvalue weighted by atomic mass is 16.5. The van der Waals surface area contributed by atoms with Crippen molar-refractivity contribution in [3.8, 4) is 6.07 Å². The number of hydrogen-bond acceptors (Lipinski definition) is 3. The van der Waals surface area contributed by atoms with Crippen LogP contribution in [0, 0.1) is 16.7 Å². The maximum absolute atomic E-state index is 9.60. The van der Waals surface area contributed by atoms with Gasteiger partial charge < -0.3 is 4.74 Å². The standard InChI is InChI=1S/C14H19N3O/c1-3-10-6-11(17(2)16-10)7-14(9-15)8-12-4-5-13(14)18-12/h6,12-13H,3-5,7-8H2,1-2H3. The minimum atomic E-state index is -0.318. The van der Waals surface area contributed by atoms with Crippen molar-refractivity contribution in [3.05, 3.63) is 17.5 Å². The van der Waals surface area contributed by atoms with Crippen LogP contribution in [-0.2, 0) is 24.6 Å². The van der Waals surface area contributed by atoms with E-state index in [4.69, 9.17) is 4.74 Å². The number of nitrogens with zero attached hydrogens (tertiary/aromatic N) is 3. The summed E-state index contributed by atoms with van der Waals surface area (Å²) in [6.45, 7) is 2.10. The summed E-state index contributed by atoms with van der Waals surface area (Å²) in [5.74, 6) is 0. The van der Waals surface area contributed by atoms with Gasteiger partial charge in [0.05, 0.1) is 29.4 Å². The summed E-state index contributed by atoms with van der Waals surface area (Å²) < 4.78 is 7.79. The SMILES string of the molecule is CCc1cc(CC2(C#N)CC3CCC2O3)n(C)n1. The Morgan fingerprint density at radius 3 is 2.94 bits per heavy atom. The van der Waals surface area contributed by atoms with E-state index >= 15 is 0 Å². The molecule has 0 radical (unpaired) electrons. The Morgan fingerprint density at radius 1 is 1.61 bits per heavy atom. The molecule has 0 N–H and O–H groups in total. The third kappa shape index (κ3) is 1.65. The third-order valence-corrected chi connectivity index (χ3v) is 4.42. The zero-order valence-electron chi connectivity index (χ0n) is 11.0. The second-order valence-corrected chi connectivity index (χ2v) is 5.58. The average Bonchev–Trinajstić information content (AvgIpc) is 3.05. The lowest BCUT2D eigenvalue weighted by Crippen LogP contribution is -2.33. The monoisotopic (exact) mass is 245 g/mol. The second kappa shape index (κ2) is 4.10. The van der Waals surface area contributed by atoms with E-state index in [0.717, 1.165) is 43.5 Å². The van der Waals surface area contributed by atoms with Crippen molar-refractivity contribution >= 4 is 0 Å². The first-order valence-corrected chi connectivity index (χ1v) is 6.75. The van der Waals surface area contributed by atoms with Crippen LogP contribution in [0.15, 0.2) is 6.07 Å². The summed E-state index contributed by atoms with van der Waals surface area (Å²) in [5, 5.41) is 14.1. The minimum absolute atomic E-state index is 0.132. The van der Waals surface area contributed by atoms with Gasteiger partial charge in [-0.2, -0.15) is 10.4 Å². The maximum atomic E-state index is 9.60. The van der Waals surface area contributed by atoms with Crippen molar-refractivity contribution in [2.75, 3.05) is 0 Å². The van der Waals surface area contributed by atoms with Crippen molar-refractivity contribution in [2.45, 2.75) is 51.2 Å². The highest BCUT2D eigenvalue weighted by Gasteiger charge is 2.53. The molecule has 0 aliphatic carbocycles. The second-order valence-electron chi connectivity index (χ2n) is 5.58. The van der Waals surface area contributed by atoms with Crippen LogP contribution in [0.5, 0.6) is 0 Å². The number of aryl methyl sites for hydroxylation is 2. The van der Waals surface area contributed by atoms with Crippen molar-refractivity contribution in [2.24, 2.45) is 12.5 Å². The van der Waals surface area contributed by atoms with Gasteiger partial charge in [-0.1, -0.05) is 6.92 Å². The molecule has 0 spiro atoms. The van der Waals surface area contributed by atoms with Gasteiger partial charge in [-0.05, 0) is 31.7 Å². The number of fused-ring (bicyclic) bond motifs is 2. The molecule has 2 saturated heterocycles. The molecule has 2 bridgehead atoms. The van der Waals surface area contributed by atoms with Crippen molar-refractivity contribution < 1.29 is 4.74 Å². The van der Waals surface area contributed by atoms with E-state index in [2.05, 4.69) is 24.2 Å². The molecule has 18 heavy (non-hydrogen) atoms. The molecule has 2 aliphatic heterocycles. The summed E-state index contributed by atoms with van der Waals surface area (Å²) >= 11 is 0. The summed E-state index contributed by atoms with van der Waals surface area (Å²) in [5.41, 5.74) is 1.94. The van der Waals surface area contributed by atoms with E-state index in [0.29, 0.717) is 6.10 Å². The maximum Gasteiger partial charge on any atom is 0.0914 e. The summed E-state index contributed by atoms with van der Waals surface area (Å²) in [6.07, 6.45) is 5.21. The van der Waals surface area contributed by atoms with E-state index in [1.54, 1.807) is 0 Å². The van der Waals surface area contributed by atoms with Crippen LogP contribution in [0.25, 0.3) is 0 Å². The molecule has 96 valence electrons. The topological polar surface area (TPSA) is 50.8 Å². The minimum Gasteiger partial charge on any atom is -0.373 e. The molecule has 0 aromatic carbocycles. The fraction of sp³-hybridized carbons (Fsp3) is 0.714. The number of aromatic nitrogens is 2. The third-order valence-electron chi connectivity index (χ3n) is 4.42. The van der Waals surface area contributed by atoms with E-state index < -0.39 is 0 Å². The predicted molar refractivity (Wildman–Crippen MR) is 66.8 cm³/mol. The molecule has 3 rings (SSSR count). The first kappa shape index (κ1) is 11.7. The lowest BCUT2D eigenvalue weighted by molar-refractivity contribution is 0.0783. The van der Waals surface area contributed by atoms with Crippen LogP contribution in [0.1, 0.15) is 37.6 Å². The number of hydrogen-bond donors (Lipinski definition) is 0. The van der Waals surface area contributed by atoms with Gasteiger partial charge in [0.15, 0.2) is 0 Å². The van der Waals surface area contributed by atoms with Gasteiger partial charge in [0.1, 0.15) is 0 Å². The molecule has 0 saturated carbocycles. The van der Waals surface area contributed by atoms with Gasteiger partial charge in [-0.25, -0.2) is 0 Å². The molecule has 3 atom stereocenters. The Bertz CT molecular complexity index is 502. The van der Waals surface area contributed by atoms with Crippen molar-refractivity contribution in [1.29, 1.82) is 5.26 Å². The Morgan fingerprint density at radius 2 is 2.44 bits per heavy atom. The zero-order chi connectivity index (χ0) is 12.8. The van der Waals surface area contributed by atoms with Crippen molar-refractivity contribution in [3.63, 3.8) is 0 Å². The molecule has 1 aromatic rings. The van der Waals surface area contributed by atoms with Gasteiger partial charge in [0, 0.05) is 19.2 Å². The van der Waals surface area contributed by atoms with E-state index in [9.17, 15) is 5.26 Å². The molecule has 1 aromatic heterocycles. The fourth-order valence-corrected chi connectivity index (χ4v) is 3.38. The Labute approximate surface area is 108 Å². The zero-order valence-corrected chi connectivity index (χ0v) is 11.0. The summed E-state index contributed by atoms with van der Waals surface area (Å²) in [4.78, 5) is 0. The average molecular weight is 245 g/mol. The fourth-order valence-electron chi connectivity index (χ4n) is 3.38. The first-order valence-electron chi connectivity index (χ1n) is 6.75. The van der Waals surface area contributed by atoms with Gasteiger partial charge in [-0.15, -0.1) is 0 Å². The molecule has 2 fully saturated rings. The van der Waals surface area contributed by atoms with Crippen LogP contribution < -0.4 is 0 Å². The number of ether oxygens (including phenoxy) is 1. The van der Waals surface area contributed by atoms with E-state index in [1.165, 1.54) is 0 Å². The lowest BCUT2D eigenvalue weighted by Gasteiger charge is -2.27. The molecule has 4 heteroatoms. The Balaban J connectivity index is 1.86. The number of nitriles is 1. The van der Waals surface area contributed by atoms with Crippen molar-refractivity contribution in [1.82, 2.24) is 9.78 Å². The highest BCUT2D eigenvalue weighted by molar-refractivity contribution is 5.20. The van der Waals surface area contributed by atoms with Crippen LogP contribution in [0.2, 0.25) is 0 Å². The van der Waals surface area contributed by atoms with E-state index in [1.807, 2.05) is 11.7 Å². The normalized spacial score (nSPS) is 33.8. The van der Waals surface area contributed by atoms with Crippen LogP contribution in [0.4, 0.5) is 0 Å². The first-order chi connectivity index (χ1) is 8.66. The van der Waals surface area contributed by atoms with Crippen LogP contribution in [-0.4, -0.2) is 22.0 Å². The van der Waals surface area contributed by atoms with Gasteiger partial charge in [0.2, 0.25) is 0 Å². The summed E-state index contributed by atoms with van der Waals surface area (Å²) in [7, 11) is 1.97. The lowest BCUT2D eigenvalue weighted by atomic mass is 9.72. The smallest absolute Gasteiger partial charge is 0.0914 e. The van der Waals surface area contributed by atoms with Gasteiger partial charge in [0.25, 0.3) is 0 Å². The van der Waals surface area contributed by atoms with E-state index in [-0.39, 0.29) is 11.5 Å². The Hall–Kier alpha value is -1.34. The highest BCUT2D eigenvalue weighted by Crippen LogP contribution is 2.49. The van der Waals surface area contributed by atoms with Gasteiger partial charge >= 0.3 is 0 Å². The molecule has 4 nitrogen and oxygen atoms in total. The predicted octanol–water partition coefficient (Wildman–Crippen LogP) is 1.99. The Kier molecular flexibility index (Phi) is 2.67. The number of rotatable bonds is 3.